The first-order chi connectivity index (χ1) is 16.9. The van der Waals surface area contributed by atoms with Crippen molar-refractivity contribution < 1.29 is 9.59 Å². The van der Waals surface area contributed by atoms with Crippen LogP contribution in [-0.2, 0) is 11.3 Å². The van der Waals surface area contributed by atoms with E-state index in [1.807, 2.05) is 25.5 Å². The van der Waals surface area contributed by atoms with Crippen LogP contribution in [0.3, 0.4) is 0 Å². The largest absolute Gasteiger partial charge is 0.335 e. The highest BCUT2D eigenvalue weighted by Gasteiger charge is 2.27. The van der Waals surface area contributed by atoms with E-state index in [0.29, 0.717) is 22.9 Å². The number of H-pyrrole nitrogens is 1. The molecule has 0 saturated heterocycles. The zero-order valence-electron chi connectivity index (χ0n) is 19.6. The Hall–Kier alpha value is -4.60. The number of amides is 2. The molecule has 2 heterocycles. The maximum Gasteiger partial charge on any atom is 0.272 e. The lowest BCUT2D eigenvalue weighted by Gasteiger charge is -2.18. The van der Waals surface area contributed by atoms with Gasteiger partial charge in [-0.15, -0.1) is 0 Å². The highest BCUT2D eigenvalue weighted by molar-refractivity contribution is 5.99. The number of aromatic amines is 1. The fourth-order valence-corrected chi connectivity index (χ4v) is 3.85. The molecule has 2 amide bonds. The molecular formula is C25H25N7O3. The summed E-state index contributed by atoms with van der Waals surface area (Å²) in [7, 11) is 0. The lowest BCUT2D eigenvalue weighted by Crippen LogP contribution is -2.40. The highest BCUT2D eigenvalue weighted by atomic mass is 16.2. The Labute approximate surface area is 201 Å². The SMILES string of the molecule is CCn1nc(C)c(/C=N\NC(=O)[C@H](NC(=O)c2ccccc2)c2n[nH]c(=O)c3ccccc23)c1C. The molecule has 0 aliphatic heterocycles. The molecule has 0 fully saturated rings. The van der Waals surface area contributed by atoms with Gasteiger partial charge in [-0.1, -0.05) is 36.4 Å². The normalized spacial score (nSPS) is 12.1. The van der Waals surface area contributed by atoms with Crippen LogP contribution < -0.4 is 16.3 Å². The predicted octanol–water partition coefficient (Wildman–Crippen LogP) is 2.38. The van der Waals surface area contributed by atoms with E-state index in [0.717, 1.165) is 17.0 Å². The zero-order chi connectivity index (χ0) is 24.9. The standard InChI is InChI=1S/C25H25N7O3/c1-4-32-16(3)20(15(2)31-32)14-26-29-25(35)22(27-23(33)17-10-6-5-7-11-17)21-18-12-8-9-13-19(18)24(34)30-28-21/h5-14,22H,4H2,1-3H3,(H,27,33)(H,29,35)(H,30,34)/b26-14-/t22-/m1/s1. The van der Waals surface area contributed by atoms with Gasteiger partial charge >= 0.3 is 0 Å². The third kappa shape index (κ3) is 4.86. The van der Waals surface area contributed by atoms with E-state index < -0.39 is 23.4 Å². The smallest absolute Gasteiger partial charge is 0.272 e. The van der Waals surface area contributed by atoms with Gasteiger partial charge in [-0.25, -0.2) is 10.5 Å². The fourth-order valence-electron chi connectivity index (χ4n) is 3.85. The number of carbonyl (C=O) groups excluding carboxylic acids is 2. The third-order valence-corrected chi connectivity index (χ3v) is 5.68. The summed E-state index contributed by atoms with van der Waals surface area (Å²) < 4.78 is 1.85. The Morgan fingerprint density at radius 2 is 1.77 bits per heavy atom. The van der Waals surface area contributed by atoms with Gasteiger partial charge in [-0.05, 0) is 39.0 Å². The summed E-state index contributed by atoms with van der Waals surface area (Å²) in [5, 5.41) is 18.6. The number of carbonyl (C=O) groups is 2. The van der Waals surface area contributed by atoms with Crippen molar-refractivity contribution >= 4 is 28.8 Å². The minimum atomic E-state index is -1.22. The van der Waals surface area contributed by atoms with E-state index in [9.17, 15) is 14.4 Å². The van der Waals surface area contributed by atoms with Crippen molar-refractivity contribution in [3.63, 3.8) is 0 Å². The summed E-state index contributed by atoms with van der Waals surface area (Å²) >= 11 is 0. The highest BCUT2D eigenvalue weighted by Crippen LogP contribution is 2.20. The number of aromatic nitrogens is 4. The molecule has 0 unspecified atom stereocenters. The molecule has 2 aromatic heterocycles. The van der Waals surface area contributed by atoms with Crippen LogP contribution in [0, 0.1) is 13.8 Å². The number of rotatable bonds is 7. The van der Waals surface area contributed by atoms with Gasteiger partial charge in [-0.2, -0.15) is 15.3 Å². The fraction of sp³-hybridized carbons (Fsp3) is 0.200. The second-order valence-electron chi connectivity index (χ2n) is 7.89. The molecule has 3 N–H and O–H groups in total. The summed E-state index contributed by atoms with van der Waals surface area (Å²) in [5.74, 6) is -1.09. The van der Waals surface area contributed by atoms with Crippen LogP contribution in [0.25, 0.3) is 10.8 Å². The molecule has 0 saturated carbocycles. The molecule has 178 valence electrons. The molecule has 0 aliphatic carbocycles. The number of nitrogens with zero attached hydrogens (tertiary/aromatic N) is 4. The van der Waals surface area contributed by atoms with Gasteiger partial charge in [-0.3, -0.25) is 19.1 Å². The van der Waals surface area contributed by atoms with Gasteiger partial charge in [0.2, 0.25) is 0 Å². The van der Waals surface area contributed by atoms with Crippen LogP contribution >= 0.6 is 0 Å². The van der Waals surface area contributed by atoms with E-state index in [1.165, 1.54) is 6.21 Å². The topological polar surface area (TPSA) is 134 Å². The molecule has 0 radical (unpaired) electrons. The summed E-state index contributed by atoms with van der Waals surface area (Å²) in [6, 6.07) is 14.0. The Morgan fingerprint density at radius 3 is 2.46 bits per heavy atom. The Morgan fingerprint density at radius 1 is 1.09 bits per heavy atom. The van der Waals surface area contributed by atoms with Gasteiger partial charge in [0.25, 0.3) is 17.4 Å². The third-order valence-electron chi connectivity index (χ3n) is 5.68. The minimum Gasteiger partial charge on any atom is -0.335 e. The van der Waals surface area contributed by atoms with Crippen LogP contribution in [0.2, 0.25) is 0 Å². The molecule has 4 rings (SSSR count). The van der Waals surface area contributed by atoms with E-state index in [4.69, 9.17) is 0 Å². The van der Waals surface area contributed by atoms with Crippen molar-refractivity contribution in [3.8, 4) is 0 Å². The molecular weight excluding hydrogens is 446 g/mol. The van der Waals surface area contributed by atoms with E-state index in [2.05, 4.69) is 31.1 Å². The molecule has 4 aromatic rings. The lowest BCUT2D eigenvalue weighted by molar-refractivity contribution is -0.123. The Kier molecular flexibility index (Phi) is 6.81. The van der Waals surface area contributed by atoms with Gasteiger partial charge in [0.15, 0.2) is 6.04 Å². The van der Waals surface area contributed by atoms with Crippen LogP contribution in [0.15, 0.2) is 64.5 Å². The molecule has 10 heteroatoms. The number of aryl methyl sites for hydroxylation is 2. The zero-order valence-corrected chi connectivity index (χ0v) is 19.6. The summed E-state index contributed by atoms with van der Waals surface area (Å²) in [5.41, 5.74) is 5.17. The predicted molar refractivity (Wildman–Crippen MR) is 132 cm³/mol. The number of hydrogen-bond donors (Lipinski definition) is 3. The Balaban J connectivity index is 1.68. The van der Waals surface area contributed by atoms with Crippen LogP contribution in [0.1, 0.15) is 46.0 Å². The summed E-state index contributed by atoms with van der Waals surface area (Å²) in [4.78, 5) is 38.4. The first-order valence-electron chi connectivity index (χ1n) is 11.1. The first-order valence-corrected chi connectivity index (χ1v) is 11.1. The van der Waals surface area contributed by atoms with Crippen molar-refractivity contribution in [1.29, 1.82) is 0 Å². The van der Waals surface area contributed by atoms with Crippen molar-refractivity contribution in [2.45, 2.75) is 33.4 Å². The lowest BCUT2D eigenvalue weighted by atomic mass is 10.0. The van der Waals surface area contributed by atoms with Crippen molar-refractivity contribution in [2.75, 3.05) is 0 Å². The summed E-state index contributed by atoms with van der Waals surface area (Å²) in [6.07, 6.45) is 1.52. The maximum atomic E-state index is 13.3. The monoisotopic (exact) mass is 471 g/mol. The van der Waals surface area contributed by atoms with Crippen molar-refractivity contribution in [1.82, 2.24) is 30.7 Å². The Bertz CT molecular complexity index is 1470. The molecule has 10 nitrogen and oxygen atoms in total. The first kappa shape index (κ1) is 23.6. The number of benzene rings is 2. The maximum absolute atomic E-state index is 13.3. The van der Waals surface area contributed by atoms with Crippen molar-refractivity contribution in [3.05, 3.63) is 93.2 Å². The second kappa shape index (κ2) is 10.1. The van der Waals surface area contributed by atoms with Gasteiger partial charge in [0, 0.05) is 28.8 Å². The average molecular weight is 472 g/mol. The number of nitrogens with one attached hydrogen (secondary N) is 3. The summed E-state index contributed by atoms with van der Waals surface area (Å²) in [6.45, 7) is 6.49. The van der Waals surface area contributed by atoms with Gasteiger partial charge in [0.1, 0.15) is 5.69 Å². The van der Waals surface area contributed by atoms with Gasteiger partial charge in [0.05, 0.1) is 17.3 Å². The quantitative estimate of drug-likeness (QED) is 0.281. The number of hydrazone groups is 1. The number of hydrogen-bond acceptors (Lipinski definition) is 6. The molecule has 0 aliphatic rings. The number of fused-ring (bicyclic) bond motifs is 1. The van der Waals surface area contributed by atoms with E-state index in [1.54, 1.807) is 54.6 Å². The molecule has 2 aromatic carbocycles. The average Bonchev–Trinajstić information content (AvgIpc) is 3.16. The van der Waals surface area contributed by atoms with Gasteiger partial charge < -0.3 is 5.32 Å². The molecule has 0 bridgehead atoms. The second-order valence-corrected chi connectivity index (χ2v) is 7.89. The van der Waals surface area contributed by atoms with Crippen LogP contribution in [0.5, 0.6) is 0 Å². The molecule has 0 spiro atoms. The van der Waals surface area contributed by atoms with Crippen LogP contribution in [-0.4, -0.2) is 38.0 Å². The minimum absolute atomic E-state index is 0.198. The molecule has 1 atom stereocenters. The van der Waals surface area contributed by atoms with Crippen LogP contribution in [0.4, 0.5) is 0 Å². The van der Waals surface area contributed by atoms with Crippen molar-refractivity contribution in [2.24, 2.45) is 5.10 Å². The van der Waals surface area contributed by atoms with E-state index in [-0.39, 0.29) is 5.69 Å². The van der Waals surface area contributed by atoms with E-state index >= 15 is 0 Å². The molecule has 35 heavy (non-hydrogen) atoms.